The van der Waals surface area contributed by atoms with Gasteiger partial charge in [0.15, 0.2) is 0 Å². The Morgan fingerprint density at radius 2 is 2.04 bits per heavy atom. The number of hydrogen-bond acceptors (Lipinski definition) is 3. The number of benzene rings is 2. The molecule has 1 aromatic heterocycles. The first kappa shape index (κ1) is 16.6. The molecule has 0 atom stereocenters. The predicted molar refractivity (Wildman–Crippen MR) is 96.1 cm³/mol. The van der Waals surface area contributed by atoms with Crippen molar-refractivity contribution in [1.29, 1.82) is 5.26 Å². The van der Waals surface area contributed by atoms with Crippen LogP contribution in [-0.4, -0.2) is 17.6 Å². The maximum Gasteiger partial charge on any atom is 0.407 e. The summed E-state index contributed by atoms with van der Waals surface area (Å²) in [6, 6.07) is 17.3. The van der Waals surface area contributed by atoms with Gasteiger partial charge in [0.05, 0.1) is 11.6 Å². The molecule has 2 aromatic carbocycles. The Balaban J connectivity index is 1.55. The van der Waals surface area contributed by atoms with Crippen molar-refractivity contribution in [2.45, 2.75) is 20.0 Å². The number of amides is 1. The van der Waals surface area contributed by atoms with E-state index in [-0.39, 0.29) is 6.61 Å². The van der Waals surface area contributed by atoms with E-state index in [1.165, 1.54) is 0 Å². The molecule has 0 bridgehead atoms. The van der Waals surface area contributed by atoms with Crippen molar-refractivity contribution >= 4 is 17.0 Å². The van der Waals surface area contributed by atoms with Crippen LogP contribution < -0.4 is 5.32 Å². The number of rotatable bonds is 5. The quantitative estimate of drug-likeness (QED) is 0.745. The summed E-state index contributed by atoms with van der Waals surface area (Å²) in [4.78, 5) is 15.1. The summed E-state index contributed by atoms with van der Waals surface area (Å²) in [5, 5.41) is 12.8. The van der Waals surface area contributed by atoms with Gasteiger partial charge >= 0.3 is 6.09 Å². The lowest BCUT2D eigenvalue weighted by atomic mass is 10.1. The number of alkyl carbamates (subject to hydrolysis) is 1. The fourth-order valence-corrected chi connectivity index (χ4v) is 2.85. The molecule has 0 aliphatic rings. The van der Waals surface area contributed by atoms with E-state index < -0.39 is 6.09 Å². The van der Waals surface area contributed by atoms with Crippen molar-refractivity contribution in [2.24, 2.45) is 0 Å². The maximum atomic E-state index is 11.8. The fraction of sp³-hybridized carbons (Fsp3) is 0.200. The Hall–Kier alpha value is -3.26. The number of carbonyl (C=O) groups is 1. The topological polar surface area (TPSA) is 77.9 Å². The van der Waals surface area contributed by atoms with Crippen molar-refractivity contribution in [2.75, 3.05) is 6.54 Å². The molecule has 126 valence electrons. The molecule has 3 rings (SSSR count). The van der Waals surface area contributed by atoms with Gasteiger partial charge in [0, 0.05) is 23.1 Å². The van der Waals surface area contributed by atoms with Gasteiger partial charge < -0.3 is 15.0 Å². The Labute approximate surface area is 146 Å². The summed E-state index contributed by atoms with van der Waals surface area (Å²) in [5.41, 5.74) is 4.71. The number of aromatic amines is 1. The third-order valence-electron chi connectivity index (χ3n) is 4.11. The summed E-state index contributed by atoms with van der Waals surface area (Å²) in [5.74, 6) is 0. The Kier molecular flexibility index (Phi) is 5.00. The predicted octanol–water partition coefficient (Wildman–Crippen LogP) is 3.82. The summed E-state index contributed by atoms with van der Waals surface area (Å²) < 4.78 is 5.20. The third kappa shape index (κ3) is 3.99. The lowest BCUT2D eigenvalue weighted by molar-refractivity contribution is 0.140. The zero-order valence-corrected chi connectivity index (χ0v) is 14.0. The van der Waals surface area contributed by atoms with Crippen molar-refractivity contribution in [3.63, 3.8) is 0 Å². The molecule has 0 spiro atoms. The SMILES string of the molecule is Cc1[nH]c2cc(C#N)ccc2c1CCNC(=O)OCc1ccccc1. The van der Waals surface area contributed by atoms with Gasteiger partial charge in [0.25, 0.3) is 0 Å². The van der Waals surface area contributed by atoms with Crippen molar-refractivity contribution in [3.8, 4) is 6.07 Å². The van der Waals surface area contributed by atoms with E-state index in [1.54, 1.807) is 6.07 Å². The monoisotopic (exact) mass is 333 g/mol. The Morgan fingerprint density at radius 1 is 1.24 bits per heavy atom. The number of nitriles is 1. The number of nitrogens with one attached hydrogen (secondary N) is 2. The number of ether oxygens (including phenoxy) is 1. The summed E-state index contributed by atoms with van der Waals surface area (Å²) in [6.45, 7) is 2.74. The number of aromatic nitrogens is 1. The summed E-state index contributed by atoms with van der Waals surface area (Å²) >= 11 is 0. The maximum absolute atomic E-state index is 11.8. The average molecular weight is 333 g/mol. The summed E-state index contributed by atoms with van der Waals surface area (Å²) in [7, 11) is 0. The van der Waals surface area contributed by atoms with Gasteiger partial charge in [-0.25, -0.2) is 4.79 Å². The molecule has 25 heavy (non-hydrogen) atoms. The number of H-pyrrole nitrogens is 1. The second-order valence-corrected chi connectivity index (χ2v) is 5.84. The average Bonchev–Trinajstić information content (AvgIpc) is 2.95. The molecule has 0 aliphatic heterocycles. The standard InChI is InChI=1S/C20H19N3O2/c1-14-17(18-8-7-16(12-21)11-19(18)23-14)9-10-22-20(24)25-13-15-5-3-2-4-6-15/h2-8,11,23H,9-10,13H2,1H3,(H,22,24). The zero-order chi connectivity index (χ0) is 17.6. The van der Waals surface area contributed by atoms with E-state index in [2.05, 4.69) is 16.4 Å². The van der Waals surface area contributed by atoms with Crippen molar-refractivity contribution < 1.29 is 9.53 Å². The van der Waals surface area contributed by atoms with Crippen LogP contribution in [0.15, 0.2) is 48.5 Å². The van der Waals surface area contributed by atoms with Gasteiger partial charge in [-0.15, -0.1) is 0 Å². The molecule has 0 unspecified atom stereocenters. The minimum Gasteiger partial charge on any atom is -0.445 e. The van der Waals surface area contributed by atoms with Crippen molar-refractivity contribution in [3.05, 3.63) is 70.9 Å². The zero-order valence-electron chi connectivity index (χ0n) is 14.0. The molecule has 0 radical (unpaired) electrons. The molecular weight excluding hydrogens is 314 g/mol. The van der Waals surface area contributed by atoms with Crippen LogP contribution in [0.2, 0.25) is 0 Å². The smallest absolute Gasteiger partial charge is 0.407 e. The second kappa shape index (κ2) is 7.54. The molecule has 3 aromatic rings. The van der Waals surface area contributed by atoms with E-state index in [4.69, 9.17) is 10.00 Å². The van der Waals surface area contributed by atoms with Crippen LogP contribution in [0.1, 0.15) is 22.4 Å². The van der Waals surface area contributed by atoms with E-state index in [1.807, 2.05) is 49.4 Å². The third-order valence-corrected chi connectivity index (χ3v) is 4.11. The van der Waals surface area contributed by atoms with Gasteiger partial charge in [-0.2, -0.15) is 5.26 Å². The van der Waals surface area contributed by atoms with Crippen LogP contribution in [-0.2, 0) is 17.8 Å². The molecule has 1 amide bonds. The van der Waals surface area contributed by atoms with Gasteiger partial charge in [-0.05, 0) is 36.6 Å². The molecule has 1 heterocycles. The summed E-state index contributed by atoms with van der Waals surface area (Å²) in [6.07, 6.45) is 0.270. The fourth-order valence-electron chi connectivity index (χ4n) is 2.85. The number of carbonyl (C=O) groups excluding carboxylic acids is 1. The van der Waals surface area contributed by atoms with Crippen molar-refractivity contribution in [1.82, 2.24) is 10.3 Å². The van der Waals surface area contributed by atoms with E-state index >= 15 is 0 Å². The van der Waals surface area contributed by atoms with Crippen LogP contribution in [0.3, 0.4) is 0 Å². The van der Waals surface area contributed by atoms with E-state index in [9.17, 15) is 4.79 Å². The highest BCUT2D eigenvalue weighted by Gasteiger charge is 2.10. The lowest BCUT2D eigenvalue weighted by Gasteiger charge is -2.07. The Bertz CT molecular complexity index is 923. The highest BCUT2D eigenvalue weighted by molar-refractivity contribution is 5.85. The molecule has 2 N–H and O–H groups in total. The second-order valence-electron chi connectivity index (χ2n) is 5.84. The molecule has 0 saturated carbocycles. The number of nitrogens with zero attached hydrogens (tertiary/aromatic N) is 1. The minimum absolute atomic E-state index is 0.260. The van der Waals surface area contributed by atoms with Crippen LogP contribution in [0, 0.1) is 18.3 Å². The molecule has 0 saturated heterocycles. The minimum atomic E-state index is -0.423. The number of fused-ring (bicyclic) bond motifs is 1. The van der Waals surface area contributed by atoms with E-state index in [0.29, 0.717) is 18.5 Å². The van der Waals surface area contributed by atoms with Gasteiger partial charge in [-0.3, -0.25) is 0 Å². The van der Waals surface area contributed by atoms with Gasteiger partial charge in [-0.1, -0.05) is 36.4 Å². The van der Waals surface area contributed by atoms with Crippen LogP contribution in [0.5, 0.6) is 0 Å². The largest absolute Gasteiger partial charge is 0.445 e. The highest BCUT2D eigenvalue weighted by Crippen LogP contribution is 2.23. The number of hydrogen-bond donors (Lipinski definition) is 2. The first-order valence-electron chi connectivity index (χ1n) is 8.13. The van der Waals surface area contributed by atoms with Gasteiger partial charge in [0.2, 0.25) is 0 Å². The molecule has 5 heteroatoms. The molecule has 5 nitrogen and oxygen atoms in total. The normalized spacial score (nSPS) is 10.4. The first-order valence-corrected chi connectivity index (χ1v) is 8.13. The van der Waals surface area contributed by atoms with Crippen LogP contribution in [0.25, 0.3) is 10.9 Å². The first-order chi connectivity index (χ1) is 12.2. The molecule has 0 aliphatic carbocycles. The van der Waals surface area contributed by atoms with Crippen LogP contribution in [0.4, 0.5) is 4.79 Å². The lowest BCUT2D eigenvalue weighted by Crippen LogP contribution is -2.26. The van der Waals surface area contributed by atoms with Gasteiger partial charge in [0.1, 0.15) is 6.61 Å². The Morgan fingerprint density at radius 3 is 2.80 bits per heavy atom. The molecular formula is C20H19N3O2. The highest BCUT2D eigenvalue weighted by atomic mass is 16.5. The molecule has 0 fully saturated rings. The number of aryl methyl sites for hydroxylation is 1. The van der Waals surface area contributed by atoms with Crippen LogP contribution >= 0.6 is 0 Å². The van der Waals surface area contributed by atoms with E-state index in [0.717, 1.165) is 27.7 Å².